The number of carbonyl (C=O) groups is 1. The van der Waals surface area contributed by atoms with Crippen molar-refractivity contribution in [2.24, 2.45) is 0 Å². The summed E-state index contributed by atoms with van der Waals surface area (Å²) in [7, 11) is 0. The van der Waals surface area contributed by atoms with Gasteiger partial charge >= 0.3 is 0 Å². The van der Waals surface area contributed by atoms with Gasteiger partial charge in [-0.05, 0) is 6.92 Å². The lowest BCUT2D eigenvalue weighted by atomic mass is 10.3. The molecule has 4 heteroatoms. The van der Waals surface area contributed by atoms with E-state index in [1.165, 1.54) is 4.90 Å². The van der Waals surface area contributed by atoms with Crippen LogP contribution >= 0.6 is 0 Å². The maximum absolute atomic E-state index is 11.0. The lowest BCUT2D eigenvalue weighted by Gasteiger charge is -2.21. The van der Waals surface area contributed by atoms with Gasteiger partial charge in [0.2, 0.25) is 5.91 Å². The molecule has 2 atom stereocenters. The Morgan fingerprint density at radius 1 is 1.82 bits per heavy atom. The number of rotatable bonds is 2. The second kappa shape index (κ2) is 3.19. The lowest BCUT2D eigenvalue weighted by molar-refractivity contribution is -0.130. The quantitative estimate of drug-likeness (QED) is 0.541. The van der Waals surface area contributed by atoms with E-state index in [-0.39, 0.29) is 25.0 Å². The predicted molar refractivity (Wildman–Crippen MR) is 38.9 cm³/mol. The standard InChI is InChI=1S/C7H13NO3/c1-5(4-9)8-3-6(10)2-7(8)11/h5-6,9-10H,2-4H2,1H3/t5-,6?/m0/s1. The molecule has 0 radical (unpaired) electrons. The highest BCUT2D eigenvalue weighted by Crippen LogP contribution is 2.13. The molecule has 11 heavy (non-hydrogen) atoms. The highest BCUT2D eigenvalue weighted by atomic mass is 16.3. The molecule has 64 valence electrons. The number of nitrogens with zero attached hydrogens (tertiary/aromatic N) is 1. The minimum absolute atomic E-state index is 0.0432. The molecular weight excluding hydrogens is 146 g/mol. The molecule has 1 rings (SSSR count). The molecule has 1 unspecified atom stereocenters. The molecule has 0 bridgehead atoms. The molecule has 1 aliphatic heterocycles. The molecule has 1 saturated heterocycles. The average Bonchev–Trinajstić information content (AvgIpc) is 2.28. The second-order valence-electron chi connectivity index (χ2n) is 2.94. The Balaban J connectivity index is 2.52. The van der Waals surface area contributed by atoms with Gasteiger partial charge in [-0.1, -0.05) is 0 Å². The van der Waals surface area contributed by atoms with E-state index in [1.807, 2.05) is 0 Å². The first-order chi connectivity index (χ1) is 5.15. The van der Waals surface area contributed by atoms with Gasteiger partial charge in [0.25, 0.3) is 0 Å². The van der Waals surface area contributed by atoms with Crippen LogP contribution in [0.4, 0.5) is 0 Å². The van der Waals surface area contributed by atoms with Crippen molar-refractivity contribution in [2.75, 3.05) is 13.2 Å². The first-order valence-corrected chi connectivity index (χ1v) is 3.73. The molecule has 0 spiro atoms. The van der Waals surface area contributed by atoms with E-state index in [0.29, 0.717) is 6.54 Å². The highest BCUT2D eigenvalue weighted by molar-refractivity contribution is 5.79. The minimum Gasteiger partial charge on any atom is -0.394 e. The summed E-state index contributed by atoms with van der Waals surface area (Å²) in [5, 5.41) is 17.8. The van der Waals surface area contributed by atoms with Gasteiger partial charge in [-0.3, -0.25) is 4.79 Å². The fraction of sp³-hybridized carbons (Fsp3) is 0.857. The molecule has 0 aliphatic carbocycles. The van der Waals surface area contributed by atoms with E-state index in [4.69, 9.17) is 10.2 Å². The van der Waals surface area contributed by atoms with Crippen molar-refractivity contribution in [1.82, 2.24) is 4.90 Å². The first kappa shape index (κ1) is 8.49. The zero-order chi connectivity index (χ0) is 8.43. The van der Waals surface area contributed by atoms with Crippen molar-refractivity contribution in [1.29, 1.82) is 0 Å². The third kappa shape index (κ3) is 1.70. The van der Waals surface area contributed by atoms with E-state index in [2.05, 4.69) is 0 Å². The fourth-order valence-corrected chi connectivity index (χ4v) is 1.24. The molecule has 1 aliphatic rings. The van der Waals surface area contributed by atoms with Gasteiger partial charge in [0.15, 0.2) is 0 Å². The van der Waals surface area contributed by atoms with Crippen molar-refractivity contribution in [3.63, 3.8) is 0 Å². The summed E-state index contributed by atoms with van der Waals surface area (Å²) in [4.78, 5) is 12.5. The molecule has 0 aromatic heterocycles. The van der Waals surface area contributed by atoms with Crippen LogP contribution in [0, 0.1) is 0 Å². The van der Waals surface area contributed by atoms with E-state index in [0.717, 1.165) is 0 Å². The molecule has 1 fully saturated rings. The van der Waals surface area contributed by atoms with Gasteiger partial charge in [-0.2, -0.15) is 0 Å². The predicted octanol–water partition coefficient (Wildman–Crippen LogP) is -1.04. The van der Waals surface area contributed by atoms with Crippen molar-refractivity contribution in [3.8, 4) is 0 Å². The summed E-state index contributed by atoms with van der Waals surface area (Å²) >= 11 is 0. The number of β-amino-alcohol motifs (C(OH)–C–C–N with tert-alkyl or cyclic N) is 1. The summed E-state index contributed by atoms with van der Waals surface area (Å²) in [6, 6.07) is -0.167. The molecule has 0 aromatic carbocycles. The highest BCUT2D eigenvalue weighted by Gasteiger charge is 2.30. The smallest absolute Gasteiger partial charge is 0.225 e. The van der Waals surface area contributed by atoms with Crippen molar-refractivity contribution < 1.29 is 15.0 Å². The Bertz CT molecular complexity index is 160. The zero-order valence-corrected chi connectivity index (χ0v) is 6.53. The van der Waals surface area contributed by atoms with Crippen LogP contribution in [0.3, 0.4) is 0 Å². The summed E-state index contributed by atoms with van der Waals surface area (Å²) in [5.74, 6) is -0.0703. The lowest BCUT2D eigenvalue weighted by Crippen LogP contribution is -2.37. The monoisotopic (exact) mass is 159 g/mol. The first-order valence-electron chi connectivity index (χ1n) is 3.73. The van der Waals surface area contributed by atoms with Gasteiger partial charge in [-0.25, -0.2) is 0 Å². The number of likely N-dealkylation sites (tertiary alicyclic amines) is 1. The molecule has 4 nitrogen and oxygen atoms in total. The van der Waals surface area contributed by atoms with Crippen LogP contribution in [0.5, 0.6) is 0 Å². The SMILES string of the molecule is C[C@@H](CO)N1CC(O)CC1=O. The second-order valence-corrected chi connectivity index (χ2v) is 2.94. The Hall–Kier alpha value is -0.610. The molecular formula is C7H13NO3. The summed E-state index contributed by atoms with van der Waals surface area (Å²) in [6.07, 6.45) is -0.346. The van der Waals surface area contributed by atoms with Crippen LogP contribution in [-0.4, -0.2) is 46.3 Å². The number of hydrogen-bond donors (Lipinski definition) is 2. The molecule has 1 amide bonds. The number of carbonyl (C=O) groups excluding carboxylic acids is 1. The Labute approximate surface area is 65.4 Å². The topological polar surface area (TPSA) is 60.8 Å². The van der Waals surface area contributed by atoms with Crippen LogP contribution in [0.1, 0.15) is 13.3 Å². The summed E-state index contributed by atoms with van der Waals surface area (Å²) in [6.45, 7) is 2.08. The van der Waals surface area contributed by atoms with Crippen molar-refractivity contribution in [2.45, 2.75) is 25.5 Å². The molecule has 1 heterocycles. The van der Waals surface area contributed by atoms with Gasteiger partial charge < -0.3 is 15.1 Å². The normalized spacial score (nSPS) is 27.7. The summed E-state index contributed by atoms with van der Waals surface area (Å²) < 4.78 is 0. The zero-order valence-electron chi connectivity index (χ0n) is 6.53. The Kier molecular flexibility index (Phi) is 2.46. The third-order valence-corrected chi connectivity index (χ3v) is 1.93. The maximum Gasteiger partial charge on any atom is 0.225 e. The fourth-order valence-electron chi connectivity index (χ4n) is 1.24. The van der Waals surface area contributed by atoms with E-state index < -0.39 is 6.10 Å². The maximum atomic E-state index is 11.0. The number of aliphatic hydroxyl groups excluding tert-OH is 2. The van der Waals surface area contributed by atoms with Crippen molar-refractivity contribution in [3.05, 3.63) is 0 Å². The summed E-state index contributed by atoms with van der Waals surface area (Å²) in [5.41, 5.74) is 0. The molecule has 0 aromatic rings. The number of aliphatic hydroxyl groups is 2. The third-order valence-electron chi connectivity index (χ3n) is 1.93. The van der Waals surface area contributed by atoms with Crippen molar-refractivity contribution >= 4 is 5.91 Å². The Morgan fingerprint density at radius 3 is 2.82 bits per heavy atom. The van der Waals surface area contributed by atoms with Gasteiger partial charge in [0, 0.05) is 6.54 Å². The minimum atomic E-state index is -0.545. The van der Waals surface area contributed by atoms with Gasteiger partial charge in [0.05, 0.1) is 25.2 Å². The number of hydrogen-bond acceptors (Lipinski definition) is 3. The van der Waals surface area contributed by atoms with Crippen LogP contribution in [0.2, 0.25) is 0 Å². The van der Waals surface area contributed by atoms with Crippen LogP contribution in [0.25, 0.3) is 0 Å². The molecule has 0 saturated carbocycles. The molecule has 2 N–H and O–H groups in total. The van der Waals surface area contributed by atoms with Gasteiger partial charge in [-0.15, -0.1) is 0 Å². The van der Waals surface area contributed by atoms with Gasteiger partial charge in [0.1, 0.15) is 0 Å². The van der Waals surface area contributed by atoms with E-state index in [9.17, 15) is 4.79 Å². The van der Waals surface area contributed by atoms with E-state index >= 15 is 0 Å². The average molecular weight is 159 g/mol. The van der Waals surface area contributed by atoms with Crippen LogP contribution in [0.15, 0.2) is 0 Å². The van der Waals surface area contributed by atoms with Crippen LogP contribution in [-0.2, 0) is 4.79 Å². The van der Waals surface area contributed by atoms with Crippen LogP contribution < -0.4 is 0 Å². The largest absolute Gasteiger partial charge is 0.394 e. The Morgan fingerprint density at radius 2 is 2.45 bits per heavy atom. The van der Waals surface area contributed by atoms with E-state index in [1.54, 1.807) is 6.92 Å². The number of amides is 1.